The van der Waals surface area contributed by atoms with E-state index in [1.165, 1.54) is 51.4 Å². The van der Waals surface area contributed by atoms with Crippen molar-refractivity contribution in [2.75, 3.05) is 19.8 Å². The molecule has 0 aliphatic rings. The first-order chi connectivity index (χ1) is 19.0. The van der Waals surface area contributed by atoms with Gasteiger partial charge in [0.25, 0.3) is 0 Å². The van der Waals surface area contributed by atoms with Crippen LogP contribution in [-0.2, 0) is 30.4 Å². The van der Waals surface area contributed by atoms with Crippen LogP contribution in [0.15, 0.2) is 30.3 Å². The summed E-state index contributed by atoms with van der Waals surface area (Å²) >= 11 is 0. The van der Waals surface area contributed by atoms with E-state index in [9.17, 15) is 19.5 Å². The van der Waals surface area contributed by atoms with Gasteiger partial charge in [-0.05, 0) is 24.8 Å². The van der Waals surface area contributed by atoms with Crippen molar-refractivity contribution in [2.45, 2.75) is 122 Å². The Hall–Kier alpha value is -2.61. The van der Waals surface area contributed by atoms with Gasteiger partial charge in [-0.3, -0.25) is 9.59 Å². The van der Waals surface area contributed by atoms with E-state index in [4.69, 9.17) is 14.2 Å². The van der Waals surface area contributed by atoms with Gasteiger partial charge >= 0.3 is 18.0 Å². The molecule has 0 saturated carbocycles. The van der Waals surface area contributed by atoms with E-state index < -0.39 is 24.8 Å². The lowest BCUT2D eigenvalue weighted by Crippen LogP contribution is -2.28. The molecule has 0 saturated heterocycles. The summed E-state index contributed by atoms with van der Waals surface area (Å²) in [4.78, 5) is 35.7. The van der Waals surface area contributed by atoms with E-state index in [1.54, 1.807) is 0 Å². The topological polar surface area (TPSA) is 111 Å². The minimum atomic E-state index is -0.847. The van der Waals surface area contributed by atoms with Gasteiger partial charge in [0, 0.05) is 19.4 Å². The predicted octanol–water partition coefficient (Wildman–Crippen LogP) is 6.62. The zero-order valence-corrected chi connectivity index (χ0v) is 24.0. The zero-order valence-electron chi connectivity index (χ0n) is 24.0. The lowest BCUT2D eigenvalue weighted by Gasteiger charge is -2.15. The van der Waals surface area contributed by atoms with Gasteiger partial charge in [-0.25, -0.2) is 4.79 Å². The summed E-state index contributed by atoms with van der Waals surface area (Å²) in [7, 11) is 0. The molecule has 0 aliphatic heterocycles. The van der Waals surface area contributed by atoms with Gasteiger partial charge < -0.3 is 24.6 Å². The number of hydrogen-bond acceptors (Lipinski definition) is 7. The van der Waals surface area contributed by atoms with Crippen molar-refractivity contribution >= 4 is 18.0 Å². The number of benzene rings is 1. The Morgan fingerprint density at radius 1 is 0.744 bits per heavy atom. The van der Waals surface area contributed by atoms with Crippen molar-refractivity contribution in [3.8, 4) is 0 Å². The van der Waals surface area contributed by atoms with Crippen LogP contribution in [-0.4, -0.2) is 49.0 Å². The Bertz CT molecular complexity index is 757. The Kier molecular flexibility index (Phi) is 21.6. The van der Waals surface area contributed by atoms with Crippen LogP contribution >= 0.6 is 0 Å². The molecular weight excluding hydrogens is 498 g/mol. The highest BCUT2D eigenvalue weighted by Crippen LogP contribution is 2.12. The minimum Gasteiger partial charge on any atom is -0.462 e. The van der Waals surface area contributed by atoms with Crippen LogP contribution in [0, 0.1) is 0 Å². The molecule has 39 heavy (non-hydrogen) atoms. The first-order valence-electron chi connectivity index (χ1n) is 15.0. The van der Waals surface area contributed by atoms with Crippen LogP contribution in [0.3, 0.4) is 0 Å². The summed E-state index contributed by atoms with van der Waals surface area (Å²) in [5.74, 6) is -0.763. The number of esters is 2. The fraction of sp³-hybridized carbons (Fsp3) is 0.710. The number of rotatable bonds is 24. The molecule has 1 rings (SSSR count). The van der Waals surface area contributed by atoms with Crippen LogP contribution in [0.5, 0.6) is 0 Å². The largest absolute Gasteiger partial charge is 0.462 e. The third-order valence-electron chi connectivity index (χ3n) is 6.46. The number of unbranched alkanes of at least 4 members (excludes halogenated alkanes) is 12. The molecule has 8 heteroatoms. The van der Waals surface area contributed by atoms with Gasteiger partial charge in [0.1, 0.15) is 13.2 Å². The molecule has 0 aromatic heterocycles. The lowest BCUT2D eigenvalue weighted by atomic mass is 10.1. The van der Waals surface area contributed by atoms with Crippen molar-refractivity contribution in [1.29, 1.82) is 0 Å². The van der Waals surface area contributed by atoms with Crippen molar-refractivity contribution < 1.29 is 33.7 Å². The minimum absolute atomic E-state index is 0.131. The number of ether oxygens (including phenoxy) is 3. The van der Waals surface area contributed by atoms with E-state index in [-0.39, 0.29) is 25.6 Å². The van der Waals surface area contributed by atoms with E-state index >= 15 is 0 Å². The molecule has 222 valence electrons. The molecule has 8 nitrogen and oxygen atoms in total. The second-order valence-electron chi connectivity index (χ2n) is 10.1. The van der Waals surface area contributed by atoms with Crippen molar-refractivity contribution in [1.82, 2.24) is 5.32 Å². The van der Waals surface area contributed by atoms with Crippen LogP contribution in [0.2, 0.25) is 0 Å². The summed E-state index contributed by atoms with van der Waals surface area (Å²) in [6.07, 6.45) is 14.6. The Morgan fingerprint density at radius 2 is 1.31 bits per heavy atom. The maximum absolute atomic E-state index is 12.0. The van der Waals surface area contributed by atoms with E-state index in [2.05, 4.69) is 12.2 Å². The number of aliphatic hydroxyl groups is 1. The van der Waals surface area contributed by atoms with Crippen LogP contribution in [0.25, 0.3) is 0 Å². The second-order valence-corrected chi connectivity index (χ2v) is 10.1. The molecule has 0 heterocycles. The monoisotopic (exact) mass is 549 g/mol. The summed E-state index contributed by atoms with van der Waals surface area (Å²) in [6.45, 7) is 2.38. The van der Waals surface area contributed by atoms with E-state index in [0.717, 1.165) is 31.2 Å². The summed E-state index contributed by atoms with van der Waals surface area (Å²) in [5.41, 5.74) is 0.923. The molecule has 1 aromatic rings. The number of aliphatic hydroxyl groups excluding tert-OH is 1. The molecule has 0 bridgehead atoms. The van der Waals surface area contributed by atoms with Gasteiger partial charge in [0.2, 0.25) is 0 Å². The smallest absolute Gasteiger partial charge is 0.407 e. The molecule has 2 N–H and O–H groups in total. The van der Waals surface area contributed by atoms with Crippen LogP contribution in [0.4, 0.5) is 4.79 Å². The number of nitrogens with one attached hydrogen (secondary N) is 1. The second kappa shape index (κ2) is 24.4. The normalized spacial score (nSPS) is 11.5. The van der Waals surface area contributed by atoms with E-state index in [1.807, 2.05) is 30.3 Å². The number of hydrogen-bond donors (Lipinski definition) is 2. The highest BCUT2D eigenvalue weighted by Gasteiger charge is 2.16. The van der Waals surface area contributed by atoms with Gasteiger partial charge in [-0.1, -0.05) is 108 Å². The molecule has 1 amide bonds. The van der Waals surface area contributed by atoms with Crippen LogP contribution < -0.4 is 5.32 Å². The fourth-order valence-corrected chi connectivity index (χ4v) is 4.10. The summed E-state index contributed by atoms with van der Waals surface area (Å²) < 4.78 is 15.6. The molecule has 1 atom stereocenters. The molecule has 0 spiro atoms. The fourth-order valence-electron chi connectivity index (χ4n) is 4.10. The Morgan fingerprint density at radius 3 is 1.92 bits per heavy atom. The highest BCUT2D eigenvalue weighted by atomic mass is 16.6. The molecule has 1 aromatic carbocycles. The molecular formula is C31H51NO7. The molecule has 0 unspecified atom stereocenters. The van der Waals surface area contributed by atoms with Gasteiger partial charge in [-0.15, -0.1) is 0 Å². The quantitative estimate of drug-likeness (QED) is 0.0846. The third kappa shape index (κ3) is 21.0. The first-order valence-corrected chi connectivity index (χ1v) is 15.0. The van der Waals surface area contributed by atoms with Gasteiger partial charge in [0.15, 0.2) is 6.10 Å². The Labute approximate surface area is 235 Å². The first kappa shape index (κ1) is 34.4. The van der Waals surface area contributed by atoms with Gasteiger partial charge in [-0.2, -0.15) is 0 Å². The molecule has 0 aliphatic carbocycles. The molecule has 0 fully saturated rings. The average Bonchev–Trinajstić information content (AvgIpc) is 2.95. The number of carbonyl (C=O) groups excluding carboxylic acids is 3. The zero-order chi connectivity index (χ0) is 28.4. The standard InChI is InChI=1S/C31H51NO7/c1-2-3-4-5-6-7-8-9-10-11-16-21-29(34)37-26-28(24-33)39-30(35)22-17-13-18-23-32-31(36)38-25-27-19-14-12-15-20-27/h12,14-15,19-20,28,33H,2-11,13,16-18,21-26H2,1H3,(H,32,36)/t28-/m1/s1. The maximum atomic E-state index is 12.0. The summed E-state index contributed by atoms with van der Waals surface area (Å²) in [5, 5.41) is 12.1. The van der Waals surface area contributed by atoms with E-state index in [0.29, 0.717) is 25.8 Å². The Balaban J connectivity index is 1.96. The van der Waals surface area contributed by atoms with Crippen LogP contribution in [0.1, 0.15) is 115 Å². The SMILES string of the molecule is CCCCCCCCCCCCCC(=O)OC[C@@H](CO)OC(=O)CCCCCNC(=O)OCc1ccccc1. The number of amides is 1. The number of alkyl carbamates (subject to hydrolysis) is 1. The van der Waals surface area contributed by atoms with Crippen molar-refractivity contribution in [3.63, 3.8) is 0 Å². The van der Waals surface area contributed by atoms with Crippen molar-refractivity contribution in [3.05, 3.63) is 35.9 Å². The maximum Gasteiger partial charge on any atom is 0.407 e. The van der Waals surface area contributed by atoms with Gasteiger partial charge in [0.05, 0.1) is 6.61 Å². The third-order valence-corrected chi connectivity index (χ3v) is 6.46. The number of carbonyl (C=O) groups is 3. The van der Waals surface area contributed by atoms with Crippen molar-refractivity contribution in [2.24, 2.45) is 0 Å². The highest BCUT2D eigenvalue weighted by molar-refractivity contribution is 5.70. The molecule has 0 radical (unpaired) electrons. The predicted molar refractivity (Wildman–Crippen MR) is 152 cm³/mol. The summed E-state index contributed by atoms with van der Waals surface area (Å²) in [6, 6.07) is 9.45. The lowest BCUT2D eigenvalue weighted by molar-refractivity contribution is -0.161. The average molecular weight is 550 g/mol.